The molecule has 1 fully saturated rings. The summed E-state index contributed by atoms with van der Waals surface area (Å²) < 4.78 is 10.5. The van der Waals surface area contributed by atoms with Crippen molar-refractivity contribution >= 4 is 29.1 Å². The van der Waals surface area contributed by atoms with Gasteiger partial charge < -0.3 is 19.7 Å². The lowest BCUT2D eigenvalue weighted by Crippen LogP contribution is -2.68. The average molecular weight is 395 g/mol. The largest absolute Gasteiger partial charge is 0.493 e. The molecule has 150 valence electrons. The fourth-order valence-electron chi connectivity index (χ4n) is 4.07. The molecular weight excluding hydrogens is 374 g/mol. The first kappa shape index (κ1) is 18.8. The Morgan fingerprint density at radius 1 is 1.07 bits per heavy atom. The quantitative estimate of drug-likeness (QED) is 0.858. The summed E-state index contributed by atoms with van der Waals surface area (Å²) in [5, 5.41) is 2.84. The van der Waals surface area contributed by atoms with Crippen molar-refractivity contribution in [2.75, 3.05) is 31.5 Å². The van der Waals surface area contributed by atoms with Gasteiger partial charge in [-0.2, -0.15) is 0 Å². The number of nitrogens with zero attached hydrogens (tertiary/aromatic N) is 2. The van der Waals surface area contributed by atoms with Crippen LogP contribution < -0.4 is 19.7 Å². The van der Waals surface area contributed by atoms with Crippen LogP contribution in [0.5, 0.6) is 11.5 Å². The van der Waals surface area contributed by atoms with Crippen LogP contribution in [0.4, 0.5) is 11.4 Å². The minimum Gasteiger partial charge on any atom is -0.493 e. The molecule has 4 rings (SSSR count). The number of hydrogen-bond donors (Lipinski definition) is 1. The van der Waals surface area contributed by atoms with Crippen LogP contribution in [0.1, 0.15) is 23.2 Å². The van der Waals surface area contributed by atoms with E-state index < -0.39 is 11.6 Å². The first-order valence-corrected chi connectivity index (χ1v) is 9.17. The molecule has 2 aliphatic rings. The molecule has 29 heavy (non-hydrogen) atoms. The van der Waals surface area contributed by atoms with E-state index in [4.69, 9.17) is 9.47 Å². The summed E-state index contributed by atoms with van der Waals surface area (Å²) in [6.45, 7) is 0. The highest BCUT2D eigenvalue weighted by molar-refractivity contribution is 6.18. The van der Waals surface area contributed by atoms with Gasteiger partial charge in [0.15, 0.2) is 11.5 Å². The minimum absolute atomic E-state index is 0.172. The third-order valence-electron chi connectivity index (χ3n) is 5.55. The van der Waals surface area contributed by atoms with Crippen molar-refractivity contribution in [2.45, 2.75) is 18.5 Å². The highest BCUT2D eigenvalue weighted by Crippen LogP contribution is 2.44. The van der Waals surface area contributed by atoms with E-state index in [9.17, 15) is 14.4 Å². The predicted octanol–water partition coefficient (Wildman–Crippen LogP) is 2.25. The number of likely N-dealkylation sites (N-methyl/N-ethyl adjacent to an activating group) is 1. The van der Waals surface area contributed by atoms with Crippen LogP contribution in [0, 0.1) is 0 Å². The van der Waals surface area contributed by atoms with Gasteiger partial charge in [-0.1, -0.05) is 12.1 Å². The Balaban J connectivity index is 1.76. The maximum atomic E-state index is 13.5. The van der Waals surface area contributed by atoms with Gasteiger partial charge in [-0.25, -0.2) is 0 Å². The number of anilines is 2. The molecule has 1 atom stereocenters. The molecule has 0 radical (unpaired) electrons. The van der Waals surface area contributed by atoms with Crippen LogP contribution >= 0.6 is 0 Å². The van der Waals surface area contributed by atoms with Crippen LogP contribution in [0.3, 0.4) is 0 Å². The smallest absolute Gasteiger partial charge is 0.271 e. The van der Waals surface area contributed by atoms with E-state index in [1.165, 1.54) is 24.0 Å². The van der Waals surface area contributed by atoms with E-state index in [0.29, 0.717) is 28.4 Å². The van der Waals surface area contributed by atoms with Gasteiger partial charge in [0, 0.05) is 31.6 Å². The number of methoxy groups -OCH3 is 2. The van der Waals surface area contributed by atoms with Gasteiger partial charge in [0.25, 0.3) is 11.8 Å². The number of para-hydroxylation sites is 1. The summed E-state index contributed by atoms with van der Waals surface area (Å²) in [6, 6.07) is 11.8. The van der Waals surface area contributed by atoms with E-state index >= 15 is 0 Å². The van der Waals surface area contributed by atoms with Gasteiger partial charge in [0.05, 0.1) is 25.5 Å². The fourth-order valence-corrected chi connectivity index (χ4v) is 4.07. The topological polar surface area (TPSA) is 88.2 Å². The Labute approximate surface area is 168 Å². The lowest BCUT2D eigenvalue weighted by atomic mass is 9.96. The van der Waals surface area contributed by atoms with Gasteiger partial charge in [-0.3, -0.25) is 19.3 Å². The standard InChI is InChI=1S/C21H21N3O5/c1-23-19(26)14-6-4-5-7-15(14)24-18(25)10-11-21(23,24)20(27)22-13-8-9-16(28-2)17(12-13)29-3/h4-9,12H,10-11H2,1-3H3,(H,22,27)/t21-/m0/s1. The molecule has 8 heteroatoms. The van der Waals surface area contributed by atoms with Crippen molar-refractivity contribution in [1.82, 2.24) is 4.90 Å². The molecule has 2 aromatic rings. The zero-order valence-corrected chi connectivity index (χ0v) is 16.4. The Morgan fingerprint density at radius 2 is 1.79 bits per heavy atom. The number of benzene rings is 2. The molecule has 0 unspecified atom stereocenters. The molecule has 0 saturated carbocycles. The molecule has 1 N–H and O–H groups in total. The van der Waals surface area contributed by atoms with Gasteiger partial charge in [-0.05, 0) is 24.3 Å². The summed E-state index contributed by atoms with van der Waals surface area (Å²) >= 11 is 0. The van der Waals surface area contributed by atoms with Crippen molar-refractivity contribution in [1.29, 1.82) is 0 Å². The van der Waals surface area contributed by atoms with Crippen LogP contribution in [-0.2, 0) is 9.59 Å². The first-order chi connectivity index (χ1) is 13.9. The molecule has 2 aliphatic heterocycles. The second-order valence-electron chi connectivity index (χ2n) is 6.95. The molecule has 8 nitrogen and oxygen atoms in total. The van der Waals surface area contributed by atoms with Gasteiger partial charge in [-0.15, -0.1) is 0 Å². The van der Waals surface area contributed by atoms with E-state index in [0.717, 1.165) is 0 Å². The van der Waals surface area contributed by atoms with Crippen LogP contribution in [0.15, 0.2) is 42.5 Å². The fraction of sp³-hybridized carbons (Fsp3) is 0.286. The van der Waals surface area contributed by atoms with Crippen molar-refractivity contribution < 1.29 is 23.9 Å². The third kappa shape index (κ3) is 2.63. The predicted molar refractivity (Wildman–Crippen MR) is 106 cm³/mol. The number of carbonyl (C=O) groups is 3. The monoisotopic (exact) mass is 395 g/mol. The van der Waals surface area contributed by atoms with E-state index in [2.05, 4.69) is 5.32 Å². The van der Waals surface area contributed by atoms with Gasteiger partial charge in [0.1, 0.15) is 0 Å². The number of rotatable bonds is 4. The summed E-state index contributed by atoms with van der Waals surface area (Å²) in [5.41, 5.74) is -0.0863. The molecule has 0 spiro atoms. The molecule has 1 saturated heterocycles. The van der Waals surface area contributed by atoms with Gasteiger partial charge >= 0.3 is 0 Å². The van der Waals surface area contributed by atoms with Crippen LogP contribution in [0.25, 0.3) is 0 Å². The number of carbonyl (C=O) groups excluding carboxylic acids is 3. The number of fused-ring (bicyclic) bond motifs is 3. The molecule has 2 heterocycles. The Bertz CT molecular complexity index is 1020. The maximum Gasteiger partial charge on any atom is 0.271 e. The minimum atomic E-state index is -1.42. The number of amides is 3. The molecule has 3 amide bonds. The lowest BCUT2D eigenvalue weighted by molar-refractivity contribution is -0.128. The summed E-state index contributed by atoms with van der Waals surface area (Å²) in [5.74, 6) is 0.0370. The maximum absolute atomic E-state index is 13.5. The zero-order chi connectivity index (χ0) is 20.8. The first-order valence-electron chi connectivity index (χ1n) is 9.17. The zero-order valence-electron chi connectivity index (χ0n) is 16.4. The SMILES string of the molecule is COc1ccc(NC(=O)[C@]23CCC(=O)N2c2ccccc2C(=O)N3C)cc1OC. The second kappa shape index (κ2) is 6.80. The summed E-state index contributed by atoms with van der Waals surface area (Å²) in [7, 11) is 4.58. The van der Waals surface area contributed by atoms with E-state index in [1.54, 1.807) is 49.5 Å². The third-order valence-corrected chi connectivity index (χ3v) is 5.55. The van der Waals surface area contributed by atoms with Crippen molar-refractivity contribution in [3.05, 3.63) is 48.0 Å². The average Bonchev–Trinajstić information content (AvgIpc) is 3.10. The Hall–Kier alpha value is -3.55. The Morgan fingerprint density at radius 3 is 2.52 bits per heavy atom. The van der Waals surface area contributed by atoms with Crippen molar-refractivity contribution in [2.24, 2.45) is 0 Å². The van der Waals surface area contributed by atoms with Crippen molar-refractivity contribution in [3.63, 3.8) is 0 Å². The summed E-state index contributed by atoms with van der Waals surface area (Å²) in [4.78, 5) is 42.0. The number of ether oxygens (including phenoxy) is 2. The number of nitrogens with one attached hydrogen (secondary N) is 1. The molecule has 0 aromatic heterocycles. The van der Waals surface area contributed by atoms with Gasteiger partial charge in [0.2, 0.25) is 11.6 Å². The second-order valence-corrected chi connectivity index (χ2v) is 6.95. The van der Waals surface area contributed by atoms with E-state index in [1.807, 2.05) is 0 Å². The van der Waals surface area contributed by atoms with E-state index in [-0.39, 0.29) is 24.7 Å². The van der Waals surface area contributed by atoms with Crippen molar-refractivity contribution in [3.8, 4) is 11.5 Å². The molecule has 2 aromatic carbocycles. The highest BCUT2D eigenvalue weighted by Gasteiger charge is 2.59. The lowest BCUT2D eigenvalue weighted by Gasteiger charge is -2.47. The summed E-state index contributed by atoms with van der Waals surface area (Å²) in [6.07, 6.45) is 0.382. The number of hydrogen-bond acceptors (Lipinski definition) is 5. The molecule has 0 bridgehead atoms. The molecule has 0 aliphatic carbocycles. The highest BCUT2D eigenvalue weighted by atomic mass is 16.5. The van der Waals surface area contributed by atoms with Crippen LogP contribution in [0.2, 0.25) is 0 Å². The Kier molecular flexibility index (Phi) is 4.41. The van der Waals surface area contributed by atoms with Crippen LogP contribution in [-0.4, -0.2) is 49.6 Å². The molecular formula is C21H21N3O5. The normalized spacial score (nSPS) is 20.2.